The maximum Gasteiger partial charge on any atom is 0.391 e. The van der Waals surface area contributed by atoms with E-state index in [1.54, 1.807) is 6.20 Å². The van der Waals surface area contributed by atoms with E-state index in [9.17, 15) is 18.0 Å². The Bertz CT molecular complexity index is 459. The van der Waals surface area contributed by atoms with Gasteiger partial charge in [-0.25, -0.2) is 4.98 Å². The number of aryl methyl sites for hydroxylation is 2. The van der Waals surface area contributed by atoms with Crippen LogP contribution in [0.3, 0.4) is 0 Å². The Morgan fingerprint density at radius 1 is 1.35 bits per heavy atom. The van der Waals surface area contributed by atoms with Gasteiger partial charge in [0.15, 0.2) is 0 Å². The van der Waals surface area contributed by atoms with Crippen molar-refractivity contribution in [3.05, 3.63) is 18.2 Å². The molecule has 0 radical (unpaired) electrons. The molecule has 1 aliphatic carbocycles. The van der Waals surface area contributed by atoms with Gasteiger partial charge in [0.1, 0.15) is 11.6 Å². The van der Waals surface area contributed by atoms with Crippen LogP contribution >= 0.6 is 0 Å². The van der Waals surface area contributed by atoms with Crippen LogP contribution in [0.15, 0.2) is 12.4 Å². The molecule has 1 aromatic rings. The molecule has 2 rings (SSSR count). The van der Waals surface area contributed by atoms with Gasteiger partial charge in [0, 0.05) is 38.2 Å². The first kappa shape index (κ1) is 15.1. The molecule has 20 heavy (non-hydrogen) atoms. The van der Waals surface area contributed by atoms with E-state index >= 15 is 0 Å². The predicted molar refractivity (Wildman–Crippen MR) is 68.0 cm³/mol. The maximum atomic E-state index is 12.6. The number of nitrogens with zero attached hydrogens (tertiary/aromatic N) is 2. The normalized spacial score (nSPS) is 23.8. The third-order valence-corrected chi connectivity index (χ3v) is 4.16. The van der Waals surface area contributed by atoms with Gasteiger partial charge in [-0.2, -0.15) is 13.2 Å². The second-order valence-corrected chi connectivity index (χ2v) is 5.51. The molecule has 6 heteroatoms. The summed E-state index contributed by atoms with van der Waals surface area (Å²) < 4.78 is 39.5. The summed E-state index contributed by atoms with van der Waals surface area (Å²) in [5.74, 6) is -0.508. The zero-order valence-corrected chi connectivity index (χ0v) is 11.5. The van der Waals surface area contributed by atoms with Crippen LogP contribution in [0, 0.1) is 11.8 Å². The first-order valence-electron chi connectivity index (χ1n) is 6.93. The highest BCUT2D eigenvalue weighted by Crippen LogP contribution is 2.39. The molecule has 1 saturated carbocycles. The molecule has 1 aromatic heterocycles. The van der Waals surface area contributed by atoms with Crippen LogP contribution in [0.2, 0.25) is 0 Å². The van der Waals surface area contributed by atoms with Gasteiger partial charge >= 0.3 is 6.18 Å². The fraction of sp³-hybridized carbons (Fsp3) is 0.714. The summed E-state index contributed by atoms with van der Waals surface area (Å²) in [7, 11) is 1.86. The van der Waals surface area contributed by atoms with Crippen LogP contribution in [0.5, 0.6) is 0 Å². The van der Waals surface area contributed by atoms with Gasteiger partial charge < -0.3 is 4.57 Å². The van der Waals surface area contributed by atoms with Crippen LogP contribution < -0.4 is 0 Å². The van der Waals surface area contributed by atoms with E-state index in [0.717, 1.165) is 5.82 Å². The molecule has 0 spiro atoms. The zero-order chi connectivity index (χ0) is 14.8. The number of aromatic nitrogens is 2. The topological polar surface area (TPSA) is 34.9 Å². The van der Waals surface area contributed by atoms with Gasteiger partial charge in [-0.3, -0.25) is 4.79 Å². The van der Waals surface area contributed by atoms with Crippen LogP contribution in [-0.4, -0.2) is 21.5 Å². The average molecular weight is 288 g/mol. The Balaban J connectivity index is 1.79. The minimum Gasteiger partial charge on any atom is -0.338 e. The second-order valence-electron chi connectivity index (χ2n) is 5.51. The Labute approximate surface area is 116 Å². The SMILES string of the molecule is Cn1ccnc1CCC(=O)C1CCC(C(F)(F)F)CC1. The molecule has 0 bridgehead atoms. The molecule has 1 heterocycles. The fourth-order valence-electron chi connectivity index (χ4n) is 2.82. The Kier molecular flexibility index (Phi) is 4.50. The lowest BCUT2D eigenvalue weighted by Gasteiger charge is -2.29. The van der Waals surface area contributed by atoms with Crippen LogP contribution in [0.4, 0.5) is 13.2 Å². The maximum absolute atomic E-state index is 12.6. The van der Waals surface area contributed by atoms with E-state index in [1.807, 2.05) is 17.8 Å². The van der Waals surface area contributed by atoms with Crippen molar-refractivity contribution in [2.45, 2.75) is 44.7 Å². The summed E-state index contributed by atoms with van der Waals surface area (Å²) in [5.41, 5.74) is 0. The molecule has 1 fully saturated rings. The van der Waals surface area contributed by atoms with Gasteiger partial charge in [0.2, 0.25) is 0 Å². The van der Waals surface area contributed by atoms with Crippen LogP contribution in [0.1, 0.15) is 37.9 Å². The van der Waals surface area contributed by atoms with Crippen molar-refractivity contribution in [2.24, 2.45) is 18.9 Å². The highest BCUT2D eigenvalue weighted by atomic mass is 19.4. The van der Waals surface area contributed by atoms with Crippen molar-refractivity contribution >= 4 is 5.78 Å². The number of imidazole rings is 1. The standard InChI is InChI=1S/C14H19F3N2O/c1-19-9-8-18-13(19)7-6-12(20)10-2-4-11(5-3-10)14(15,16)17/h8-11H,2-7H2,1H3. The van der Waals surface area contributed by atoms with Crippen molar-refractivity contribution in [3.8, 4) is 0 Å². The number of rotatable bonds is 4. The Hall–Kier alpha value is -1.33. The third kappa shape index (κ3) is 3.61. The molecular formula is C14H19F3N2O. The van der Waals surface area contributed by atoms with E-state index in [0.29, 0.717) is 25.7 Å². The lowest BCUT2D eigenvalue weighted by molar-refractivity contribution is -0.184. The highest BCUT2D eigenvalue weighted by molar-refractivity contribution is 5.81. The van der Waals surface area contributed by atoms with E-state index in [2.05, 4.69) is 4.98 Å². The largest absolute Gasteiger partial charge is 0.391 e. The fourth-order valence-corrected chi connectivity index (χ4v) is 2.82. The van der Waals surface area contributed by atoms with Crippen molar-refractivity contribution in [2.75, 3.05) is 0 Å². The molecule has 0 N–H and O–H groups in total. The molecule has 0 atom stereocenters. The molecule has 0 amide bonds. The van der Waals surface area contributed by atoms with E-state index in [-0.39, 0.29) is 24.5 Å². The van der Waals surface area contributed by atoms with Gasteiger partial charge in [0.05, 0.1) is 5.92 Å². The molecule has 0 saturated heterocycles. The van der Waals surface area contributed by atoms with E-state index in [1.165, 1.54) is 0 Å². The van der Waals surface area contributed by atoms with Crippen molar-refractivity contribution in [1.82, 2.24) is 9.55 Å². The molecule has 112 valence electrons. The number of ketones is 1. The smallest absolute Gasteiger partial charge is 0.338 e. The molecule has 0 aliphatic heterocycles. The first-order chi connectivity index (χ1) is 9.38. The lowest BCUT2D eigenvalue weighted by atomic mass is 9.79. The van der Waals surface area contributed by atoms with Gasteiger partial charge in [-0.15, -0.1) is 0 Å². The van der Waals surface area contributed by atoms with E-state index < -0.39 is 12.1 Å². The van der Waals surface area contributed by atoms with Crippen LogP contribution in [0.25, 0.3) is 0 Å². The summed E-state index contributed by atoms with van der Waals surface area (Å²) in [6.45, 7) is 0. The summed E-state index contributed by atoms with van der Waals surface area (Å²) in [4.78, 5) is 16.2. The molecule has 0 aromatic carbocycles. The predicted octanol–water partition coefficient (Wildman–Crippen LogP) is 3.29. The number of hydrogen-bond acceptors (Lipinski definition) is 2. The van der Waals surface area contributed by atoms with Crippen molar-refractivity contribution in [3.63, 3.8) is 0 Å². The average Bonchev–Trinajstić information content (AvgIpc) is 2.81. The number of hydrogen-bond donors (Lipinski definition) is 0. The van der Waals surface area contributed by atoms with E-state index in [4.69, 9.17) is 0 Å². The summed E-state index contributed by atoms with van der Waals surface area (Å²) in [6, 6.07) is 0. The molecular weight excluding hydrogens is 269 g/mol. The molecule has 0 unspecified atom stereocenters. The van der Waals surface area contributed by atoms with Gasteiger partial charge in [0.25, 0.3) is 0 Å². The lowest BCUT2D eigenvalue weighted by Crippen LogP contribution is -2.30. The number of carbonyl (C=O) groups excluding carboxylic acids is 1. The monoisotopic (exact) mass is 288 g/mol. The summed E-state index contributed by atoms with van der Waals surface area (Å²) in [6.07, 6.45) is 1.20. The number of alkyl halides is 3. The Morgan fingerprint density at radius 2 is 2.00 bits per heavy atom. The summed E-state index contributed by atoms with van der Waals surface area (Å²) in [5, 5.41) is 0. The summed E-state index contributed by atoms with van der Waals surface area (Å²) >= 11 is 0. The number of halogens is 3. The quantitative estimate of drug-likeness (QED) is 0.852. The number of carbonyl (C=O) groups is 1. The van der Waals surface area contributed by atoms with Crippen molar-refractivity contribution < 1.29 is 18.0 Å². The highest BCUT2D eigenvalue weighted by Gasteiger charge is 2.42. The minimum absolute atomic E-state index is 0.0774. The zero-order valence-electron chi connectivity index (χ0n) is 11.5. The van der Waals surface area contributed by atoms with Gasteiger partial charge in [-0.1, -0.05) is 0 Å². The van der Waals surface area contributed by atoms with Gasteiger partial charge in [-0.05, 0) is 25.7 Å². The second kappa shape index (κ2) is 5.97. The van der Waals surface area contributed by atoms with Crippen molar-refractivity contribution in [1.29, 1.82) is 0 Å². The molecule has 3 nitrogen and oxygen atoms in total. The minimum atomic E-state index is -4.11. The molecule has 1 aliphatic rings. The third-order valence-electron chi connectivity index (χ3n) is 4.16. The Morgan fingerprint density at radius 3 is 2.50 bits per heavy atom. The number of Topliss-reactive ketones (excluding diaryl/α,β-unsaturated/α-hetero) is 1. The first-order valence-corrected chi connectivity index (χ1v) is 6.93. The van der Waals surface area contributed by atoms with Crippen LogP contribution in [-0.2, 0) is 18.3 Å².